The van der Waals surface area contributed by atoms with Crippen LogP contribution in [0.3, 0.4) is 0 Å². The van der Waals surface area contributed by atoms with Crippen molar-refractivity contribution in [3.05, 3.63) is 17.8 Å². The first-order valence-corrected chi connectivity index (χ1v) is 5.90. The van der Waals surface area contributed by atoms with Gasteiger partial charge in [0.15, 0.2) is 0 Å². The molecule has 0 aliphatic heterocycles. The van der Waals surface area contributed by atoms with E-state index in [1.54, 1.807) is 6.20 Å². The van der Waals surface area contributed by atoms with Crippen molar-refractivity contribution in [2.75, 3.05) is 13.1 Å². The fourth-order valence-corrected chi connectivity index (χ4v) is 1.58. The Morgan fingerprint density at radius 2 is 2.12 bits per heavy atom. The lowest BCUT2D eigenvalue weighted by atomic mass is 9.96. The summed E-state index contributed by atoms with van der Waals surface area (Å²) in [5, 5.41) is 3.41. The Kier molecular flexibility index (Phi) is 4.96. The highest BCUT2D eigenvalue weighted by atomic mass is 16.4. The predicted molar refractivity (Wildman–Crippen MR) is 65.0 cm³/mol. The lowest BCUT2D eigenvalue weighted by Gasteiger charge is -2.21. The summed E-state index contributed by atoms with van der Waals surface area (Å²) in [7, 11) is 0. The van der Waals surface area contributed by atoms with Crippen molar-refractivity contribution in [2.45, 2.75) is 33.7 Å². The molecule has 1 aromatic heterocycles. The van der Waals surface area contributed by atoms with Crippen molar-refractivity contribution in [1.29, 1.82) is 0 Å². The van der Waals surface area contributed by atoms with Gasteiger partial charge in [-0.3, -0.25) is 0 Å². The first-order chi connectivity index (χ1) is 7.54. The van der Waals surface area contributed by atoms with Gasteiger partial charge < -0.3 is 15.5 Å². The smallest absolute Gasteiger partial charge is 0.211 e. The molecule has 0 fully saturated rings. The summed E-state index contributed by atoms with van der Waals surface area (Å²) in [5.74, 6) is 2.69. The van der Waals surface area contributed by atoms with Gasteiger partial charge in [-0.25, -0.2) is 4.98 Å². The minimum absolute atomic E-state index is 0.140. The Labute approximate surface area is 97.6 Å². The Morgan fingerprint density at radius 3 is 2.56 bits per heavy atom. The lowest BCUT2D eigenvalue weighted by Crippen LogP contribution is -2.33. The first kappa shape index (κ1) is 13.2. The van der Waals surface area contributed by atoms with Crippen LogP contribution in [0, 0.1) is 18.8 Å². The molecule has 0 saturated heterocycles. The average Bonchev–Trinajstić information content (AvgIpc) is 2.65. The van der Waals surface area contributed by atoms with E-state index >= 15 is 0 Å². The van der Waals surface area contributed by atoms with Gasteiger partial charge in [0.25, 0.3) is 0 Å². The topological polar surface area (TPSA) is 64.1 Å². The van der Waals surface area contributed by atoms with Crippen LogP contribution in [0.1, 0.15) is 38.5 Å². The number of hydrogen-bond acceptors (Lipinski definition) is 4. The summed E-state index contributed by atoms with van der Waals surface area (Å²) >= 11 is 0. The Balaban J connectivity index is 2.43. The summed E-state index contributed by atoms with van der Waals surface area (Å²) in [4.78, 5) is 4.20. The van der Waals surface area contributed by atoms with Crippen LogP contribution in [0.5, 0.6) is 0 Å². The van der Waals surface area contributed by atoms with Gasteiger partial charge in [-0.1, -0.05) is 13.8 Å². The molecule has 0 bridgehead atoms. The van der Waals surface area contributed by atoms with E-state index in [0.29, 0.717) is 18.4 Å². The van der Waals surface area contributed by atoms with Gasteiger partial charge in [-0.15, -0.1) is 0 Å². The summed E-state index contributed by atoms with van der Waals surface area (Å²) in [6, 6.07) is 0.140. The molecule has 92 valence electrons. The molecule has 16 heavy (non-hydrogen) atoms. The molecule has 2 atom stereocenters. The SMILES string of the molecule is Cc1cnc(C(C)NCC(CN)C(C)C)o1. The lowest BCUT2D eigenvalue weighted by molar-refractivity contribution is 0.332. The zero-order chi connectivity index (χ0) is 12.1. The third-order valence-electron chi connectivity index (χ3n) is 2.94. The summed E-state index contributed by atoms with van der Waals surface area (Å²) in [6.45, 7) is 9.95. The van der Waals surface area contributed by atoms with Crippen molar-refractivity contribution < 1.29 is 4.42 Å². The molecule has 1 aromatic rings. The molecular weight excluding hydrogens is 202 g/mol. The molecule has 3 N–H and O–H groups in total. The quantitative estimate of drug-likeness (QED) is 0.775. The third-order valence-corrected chi connectivity index (χ3v) is 2.94. The molecule has 0 aliphatic carbocycles. The van der Waals surface area contributed by atoms with Crippen LogP contribution in [-0.2, 0) is 0 Å². The van der Waals surface area contributed by atoms with Gasteiger partial charge in [-0.2, -0.15) is 0 Å². The van der Waals surface area contributed by atoms with Crippen LogP contribution < -0.4 is 11.1 Å². The molecule has 0 aromatic carbocycles. The predicted octanol–water partition coefficient (Wildman–Crippen LogP) is 1.86. The Hall–Kier alpha value is -0.870. The van der Waals surface area contributed by atoms with Gasteiger partial charge in [0.05, 0.1) is 12.2 Å². The normalized spacial score (nSPS) is 15.4. The number of rotatable bonds is 6. The maximum absolute atomic E-state index is 5.72. The molecule has 4 nitrogen and oxygen atoms in total. The Bertz CT molecular complexity index is 309. The van der Waals surface area contributed by atoms with Crippen LogP contribution in [-0.4, -0.2) is 18.1 Å². The number of hydrogen-bond donors (Lipinski definition) is 2. The summed E-state index contributed by atoms with van der Waals surface area (Å²) < 4.78 is 5.47. The van der Waals surface area contributed by atoms with Crippen molar-refractivity contribution in [3.63, 3.8) is 0 Å². The fourth-order valence-electron chi connectivity index (χ4n) is 1.58. The molecule has 1 rings (SSSR count). The van der Waals surface area contributed by atoms with E-state index in [0.717, 1.165) is 18.2 Å². The molecule has 0 radical (unpaired) electrons. The minimum atomic E-state index is 0.140. The minimum Gasteiger partial charge on any atom is -0.444 e. The maximum atomic E-state index is 5.72. The number of nitrogens with two attached hydrogens (primary N) is 1. The molecule has 0 saturated carbocycles. The second-order valence-corrected chi connectivity index (χ2v) is 4.68. The molecule has 4 heteroatoms. The second-order valence-electron chi connectivity index (χ2n) is 4.68. The first-order valence-electron chi connectivity index (χ1n) is 5.90. The molecular formula is C12H23N3O. The number of aryl methyl sites for hydroxylation is 1. The zero-order valence-corrected chi connectivity index (χ0v) is 10.7. The summed E-state index contributed by atoms with van der Waals surface area (Å²) in [5.41, 5.74) is 5.72. The van der Waals surface area contributed by atoms with E-state index in [1.807, 2.05) is 6.92 Å². The second kappa shape index (κ2) is 6.01. The van der Waals surface area contributed by atoms with Crippen molar-refractivity contribution >= 4 is 0 Å². The Morgan fingerprint density at radius 1 is 1.44 bits per heavy atom. The van der Waals surface area contributed by atoms with E-state index < -0.39 is 0 Å². The van der Waals surface area contributed by atoms with Crippen molar-refractivity contribution in [1.82, 2.24) is 10.3 Å². The number of nitrogens with zero attached hydrogens (tertiary/aromatic N) is 1. The zero-order valence-electron chi connectivity index (χ0n) is 10.7. The van der Waals surface area contributed by atoms with E-state index in [-0.39, 0.29) is 6.04 Å². The molecule has 1 heterocycles. The monoisotopic (exact) mass is 225 g/mol. The van der Waals surface area contributed by atoms with Crippen LogP contribution in [0.25, 0.3) is 0 Å². The average molecular weight is 225 g/mol. The van der Waals surface area contributed by atoms with Crippen LogP contribution in [0.2, 0.25) is 0 Å². The van der Waals surface area contributed by atoms with Gasteiger partial charge in [0.1, 0.15) is 5.76 Å². The van der Waals surface area contributed by atoms with Gasteiger partial charge >= 0.3 is 0 Å². The molecule has 0 amide bonds. The third kappa shape index (κ3) is 3.61. The molecule has 0 aliphatic rings. The summed E-state index contributed by atoms with van der Waals surface area (Å²) in [6.07, 6.45) is 1.75. The van der Waals surface area contributed by atoms with E-state index in [9.17, 15) is 0 Å². The van der Waals surface area contributed by atoms with Gasteiger partial charge in [0.2, 0.25) is 5.89 Å². The standard InChI is InChI=1S/C12H23N3O/c1-8(2)11(5-13)7-14-10(4)12-15-6-9(3)16-12/h6,8,10-11,14H,5,7,13H2,1-4H3. The molecule has 0 spiro atoms. The molecule has 2 unspecified atom stereocenters. The van der Waals surface area contributed by atoms with Crippen LogP contribution in [0.15, 0.2) is 10.6 Å². The van der Waals surface area contributed by atoms with E-state index in [2.05, 4.69) is 31.1 Å². The van der Waals surface area contributed by atoms with Crippen LogP contribution in [0.4, 0.5) is 0 Å². The van der Waals surface area contributed by atoms with E-state index in [1.165, 1.54) is 0 Å². The van der Waals surface area contributed by atoms with Crippen molar-refractivity contribution in [3.8, 4) is 0 Å². The number of nitrogens with one attached hydrogen (secondary N) is 1. The van der Waals surface area contributed by atoms with Gasteiger partial charge in [0, 0.05) is 6.54 Å². The fraction of sp³-hybridized carbons (Fsp3) is 0.750. The number of aromatic nitrogens is 1. The highest BCUT2D eigenvalue weighted by molar-refractivity contribution is 4.95. The highest BCUT2D eigenvalue weighted by Gasteiger charge is 2.15. The van der Waals surface area contributed by atoms with Gasteiger partial charge in [-0.05, 0) is 32.2 Å². The van der Waals surface area contributed by atoms with Crippen molar-refractivity contribution in [2.24, 2.45) is 17.6 Å². The highest BCUT2D eigenvalue weighted by Crippen LogP contribution is 2.14. The van der Waals surface area contributed by atoms with E-state index in [4.69, 9.17) is 10.2 Å². The number of oxazole rings is 1. The maximum Gasteiger partial charge on any atom is 0.211 e. The van der Waals surface area contributed by atoms with Crippen LogP contribution >= 0.6 is 0 Å². The largest absolute Gasteiger partial charge is 0.444 e.